The fraction of sp³-hybridized carbons (Fsp3) is 0.477. The molecular weight excluding hydrogens is 792 g/mol. The summed E-state index contributed by atoms with van der Waals surface area (Å²) in [6.07, 6.45) is 2.00. The average Bonchev–Trinajstić information content (AvgIpc) is 3.21. The van der Waals surface area contributed by atoms with Crippen molar-refractivity contribution >= 4 is 29.7 Å². The number of amides is 2. The van der Waals surface area contributed by atoms with Crippen molar-refractivity contribution in [3.8, 4) is 11.5 Å². The van der Waals surface area contributed by atoms with Gasteiger partial charge in [-0.15, -0.1) is 0 Å². The van der Waals surface area contributed by atoms with Crippen LogP contribution < -0.4 is 10.6 Å². The van der Waals surface area contributed by atoms with Crippen LogP contribution in [0.1, 0.15) is 63.9 Å². The first kappa shape index (κ1) is 49.8. The minimum atomic E-state index is -1.12. The van der Waals surface area contributed by atoms with Gasteiger partial charge in [-0.05, 0) is 68.0 Å². The molecule has 0 aliphatic carbocycles. The summed E-state index contributed by atoms with van der Waals surface area (Å²) in [5.41, 5.74) is 4.01. The van der Waals surface area contributed by atoms with E-state index in [1.54, 1.807) is 41.3 Å². The largest absolute Gasteiger partial charge is 0.508 e. The van der Waals surface area contributed by atoms with Crippen molar-refractivity contribution in [1.82, 2.24) is 20.4 Å². The van der Waals surface area contributed by atoms with E-state index in [4.69, 9.17) is 19.3 Å². The van der Waals surface area contributed by atoms with Crippen LogP contribution in [0.25, 0.3) is 0 Å². The Labute approximate surface area is 356 Å². The number of phenols is 2. The molecule has 0 saturated heterocycles. The number of aromatic hydroxyl groups is 2. The monoisotopic (exact) mass is 852 g/mol. The second-order valence-corrected chi connectivity index (χ2v) is 14.5. The molecule has 0 aliphatic rings. The number of carboxylic acids is 3. The highest BCUT2D eigenvalue weighted by atomic mass is 16.5. The number of rotatable bonds is 32. The normalized spacial score (nSPS) is 11.2. The van der Waals surface area contributed by atoms with Crippen LogP contribution in [0.4, 0.5) is 0 Å². The lowest BCUT2D eigenvalue weighted by atomic mass is 10.0. The Hall–Kier alpha value is -5.59. The number of aryl methyl sites for hydroxylation is 3. The van der Waals surface area contributed by atoms with Crippen LogP contribution in [0.5, 0.6) is 11.5 Å². The molecule has 3 aromatic carbocycles. The molecule has 3 rings (SSSR count). The van der Waals surface area contributed by atoms with Gasteiger partial charge in [0.25, 0.3) is 5.91 Å². The molecular formula is C44H60N4O13. The van der Waals surface area contributed by atoms with E-state index in [0.717, 1.165) is 11.1 Å². The van der Waals surface area contributed by atoms with Gasteiger partial charge in [0, 0.05) is 82.0 Å². The number of ether oxygens (including phenoxy) is 3. The molecule has 334 valence electrons. The molecule has 17 nitrogen and oxygen atoms in total. The van der Waals surface area contributed by atoms with Gasteiger partial charge >= 0.3 is 17.9 Å². The van der Waals surface area contributed by atoms with Gasteiger partial charge in [0.1, 0.15) is 11.5 Å². The van der Waals surface area contributed by atoms with Crippen LogP contribution in [-0.2, 0) is 59.3 Å². The first-order valence-corrected chi connectivity index (χ1v) is 20.4. The van der Waals surface area contributed by atoms with Crippen molar-refractivity contribution in [2.24, 2.45) is 0 Å². The molecule has 0 spiro atoms. The molecule has 0 bridgehead atoms. The maximum Gasteiger partial charge on any atom is 0.317 e. The van der Waals surface area contributed by atoms with E-state index in [2.05, 4.69) is 10.6 Å². The molecule has 0 fully saturated rings. The van der Waals surface area contributed by atoms with Crippen LogP contribution >= 0.6 is 0 Å². The topological polar surface area (TPSA) is 245 Å². The van der Waals surface area contributed by atoms with Crippen LogP contribution in [0.3, 0.4) is 0 Å². The van der Waals surface area contributed by atoms with Crippen molar-refractivity contribution in [2.45, 2.75) is 58.5 Å². The lowest BCUT2D eigenvalue weighted by molar-refractivity contribution is -0.140. The Morgan fingerprint density at radius 3 is 1.51 bits per heavy atom. The maximum absolute atomic E-state index is 12.5. The van der Waals surface area contributed by atoms with Gasteiger partial charge in [-0.1, -0.05) is 42.0 Å². The molecule has 0 unspecified atom stereocenters. The van der Waals surface area contributed by atoms with Gasteiger partial charge in [0.05, 0.1) is 39.5 Å². The fourth-order valence-electron chi connectivity index (χ4n) is 6.14. The second-order valence-electron chi connectivity index (χ2n) is 14.5. The molecule has 3 aromatic rings. The maximum atomic E-state index is 12.5. The summed E-state index contributed by atoms with van der Waals surface area (Å²) in [5.74, 6) is -3.61. The number of carbonyl (C=O) groups excluding carboxylic acids is 2. The molecule has 0 aromatic heterocycles. The molecule has 61 heavy (non-hydrogen) atoms. The third kappa shape index (κ3) is 21.5. The van der Waals surface area contributed by atoms with E-state index in [1.165, 1.54) is 17.0 Å². The SMILES string of the molecule is Cc1ccc(C(=O)NCCCOCCOCCOCCCNC(=O)CCc2ccc(O)c(CN(CCN(CC(=O)O)Cc3cc(CCC(=O)O)ccc3O)CC(=O)O)c2)cc1. The number of hydrogen-bond donors (Lipinski definition) is 7. The van der Waals surface area contributed by atoms with E-state index >= 15 is 0 Å². The lowest BCUT2D eigenvalue weighted by Crippen LogP contribution is -2.39. The summed E-state index contributed by atoms with van der Waals surface area (Å²) in [5, 5.41) is 55.0. The summed E-state index contributed by atoms with van der Waals surface area (Å²) in [7, 11) is 0. The summed E-state index contributed by atoms with van der Waals surface area (Å²) in [4.78, 5) is 62.2. The predicted octanol–water partition coefficient (Wildman–Crippen LogP) is 3.21. The van der Waals surface area contributed by atoms with Crippen molar-refractivity contribution in [1.29, 1.82) is 0 Å². The summed E-state index contributed by atoms with van der Waals surface area (Å²) in [6, 6.07) is 17.0. The van der Waals surface area contributed by atoms with E-state index in [0.29, 0.717) is 94.2 Å². The zero-order chi connectivity index (χ0) is 44.4. The Morgan fingerprint density at radius 2 is 1.03 bits per heavy atom. The van der Waals surface area contributed by atoms with Gasteiger partial charge < -0.3 is 50.4 Å². The summed E-state index contributed by atoms with van der Waals surface area (Å²) in [6.45, 7) is 5.03. The number of aliphatic carboxylic acids is 3. The quantitative estimate of drug-likeness (QED) is 0.0446. The lowest BCUT2D eigenvalue weighted by Gasteiger charge is -2.26. The Morgan fingerprint density at radius 1 is 0.574 bits per heavy atom. The fourth-order valence-corrected chi connectivity index (χ4v) is 6.14. The highest BCUT2D eigenvalue weighted by molar-refractivity contribution is 5.94. The number of hydrogen-bond acceptors (Lipinski definition) is 12. The van der Waals surface area contributed by atoms with Crippen LogP contribution in [0.15, 0.2) is 60.7 Å². The third-order valence-corrected chi connectivity index (χ3v) is 9.39. The van der Waals surface area contributed by atoms with Crippen LogP contribution in [0, 0.1) is 6.92 Å². The van der Waals surface area contributed by atoms with Gasteiger partial charge in [-0.3, -0.25) is 33.8 Å². The molecule has 2 amide bonds. The van der Waals surface area contributed by atoms with E-state index in [9.17, 15) is 44.4 Å². The van der Waals surface area contributed by atoms with Gasteiger partial charge in [-0.2, -0.15) is 0 Å². The number of benzene rings is 3. The van der Waals surface area contributed by atoms with Gasteiger partial charge in [0.15, 0.2) is 0 Å². The Bertz CT molecular complexity index is 1840. The molecule has 0 heterocycles. The highest BCUT2D eigenvalue weighted by Gasteiger charge is 2.19. The number of carbonyl (C=O) groups is 5. The molecule has 0 atom stereocenters. The van der Waals surface area contributed by atoms with E-state index < -0.39 is 31.0 Å². The van der Waals surface area contributed by atoms with E-state index in [1.807, 2.05) is 19.1 Å². The first-order chi connectivity index (χ1) is 29.3. The zero-order valence-electron chi connectivity index (χ0n) is 34.8. The van der Waals surface area contributed by atoms with Crippen molar-refractivity contribution < 1.29 is 63.7 Å². The number of carboxylic acid groups (broad SMARTS) is 3. The predicted molar refractivity (Wildman–Crippen MR) is 225 cm³/mol. The smallest absolute Gasteiger partial charge is 0.317 e. The van der Waals surface area contributed by atoms with Crippen LogP contribution in [-0.4, -0.2) is 144 Å². The standard InChI is InChI=1S/C44H60N4O13/c1-32-4-10-35(11-5-32)44(58)46-17-3-21-60-23-25-61-24-22-59-20-2-16-45-40(51)14-8-33-6-12-38(49)36(26-33)28-47(30-42(54)55)18-19-48(31-43(56)57)29-37-27-34(7-13-39(37)50)9-15-41(52)53/h4-7,10-13,26-27,49-50H,2-3,8-9,14-25,28-31H2,1H3,(H,45,51)(H,46,58)(H,52,53)(H,54,55)(H,56,57). The highest BCUT2D eigenvalue weighted by Crippen LogP contribution is 2.23. The van der Waals surface area contributed by atoms with Gasteiger partial charge in [0.2, 0.25) is 5.91 Å². The number of nitrogens with zero attached hydrogens (tertiary/aromatic N) is 2. The molecule has 0 radical (unpaired) electrons. The van der Waals surface area contributed by atoms with Gasteiger partial charge in [-0.25, -0.2) is 0 Å². The average molecular weight is 853 g/mol. The second kappa shape index (κ2) is 28.0. The molecule has 17 heteroatoms. The summed E-state index contributed by atoms with van der Waals surface area (Å²) < 4.78 is 16.6. The van der Waals surface area contributed by atoms with Crippen molar-refractivity contribution in [3.05, 3.63) is 94.0 Å². The van der Waals surface area contributed by atoms with Crippen molar-refractivity contribution in [3.63, 3.8) is 0 Å². The molecule has 0 aliphatic heterocycles. The van der Waals surface area contributed by atoms with Crippen LogP contribution in [0.2, 0.25) is 0 Å². The minimum Gasteiger partial charge on any atom is -0.508 e. The minimum absolute atomic E-state index is 0.0176. The van der Waals surface area contributed by atoms with E-state index in [-0.39, 0.29) is 68.8 Å². The summed E-state index contributed by atoms with van der Waals surface area (Å²) >= 11 is 0. The van der Waals surface area contributed by atoms with Crippen molar-refractivity contribution in [2.75, 3.05) is 78.9 Å². The first-order valence-electron chi connectivity index (χ1n) is 20.4. The number of nitrogens with one attached hydrogen (secondary N) is 2. The zero-order valence-corrected chi connectivity index (χ0v) is 34.8. The Balaban J connectivity index is 1.31. The molecule has 7 N–H and O–H groups in total. The molecule has 0 saturated carbocycles. The number of phenolic OH excluding ortho intramolecular Hbond substituents is 2. The Kier molecular flexibility index (Phi) is 22.9. The third-order valence-electron chi connectivity index (χ3n) is 9.39.